The van der Waals surface area contributed by atoms with Crippen LogP contribution in [0.25, 0.3) is 0 Å². The van der Waals surface area contributed by atoms with Crippen molar-refractivity contribution >= 4 is 0 Å². The lowest BCUT2D eigenvalue weighted by atomic mass is 9.68. The molecule has 1 nitrogen and oxygen atoms in total. The first-order chi connectivity index (χ1) is 7.24. The Kier molecular flexibility index (Phi) is 3.71. The molecule has 2 fully saturated rings. The molecule has 2 saturated carbocycles. The molecule has 2 rings (SSSR count). The molecule has 0 amide bonds. The summed E-state index contributed by atoms with van der Waals surface area (Å²) in [6.45, 7) is 2.31. The van der Waals surface area contributed by atoms with Crippen LogP contribution in [-0.4, -0.2) is 10.7 Å². The number of aliphatic hydroxyl groups is 1. The van der Waals surface area contributed by atoms with Crippen molar-refractivity contribution < 1.29 is 5.11 Å². The first kappa shape index (κ1) is 11.4. The van der Waals surface area contributed by atoms with Crippen LogP contribution in [0.5, 0.6) is 0 Å². The first-order valence-corrected chi connectivity index (χ1v) is 6.97. The van der Waals surface area contributed by atoms with Crippen LogP contribution < -0.4 is 0 Å². The molecule has 0 saturated heterocycles. The molecular weight excluding hydrogens is 184 g/mol. The van der Waals surface area contributed by atoms with Crippen LogP contribution in [0.2, 0.25) is 0 Å². The summed E-state index contributed by atoms with van der Waals surface area (Å²) in [6.07, 6.45) is 12.6. The average Bonchev–Trinajstić information content (AvgIpc) is 2.30. The fourth-order valence-electron chi connectivity index (χ4n) is 3.68. The number of hydrogen-bond acceptors (Lipinski definition) is 1. The van der Waals surface area contributed by atoms with Crippen LogP contribution in [0.15, 0.2) is 0 Å². The quantitative estimate of drug-likeness (QED) is 0.733. The van der Waals surface area contributed by atoms with Gasteiger partial charge in [0.2, 0.25) is 0 Å². The highest BCUT2D eigenvalue weighted by Gasteiger charge is 2.39. The summed E-state index contributed by atoms with van der Waals surface area (Å²) >= 11 is 0. The van der Waals surface area contributed by atoms with E-state index in [1.165, 1.54) is 51.4 Å². The van der Waals surface area contributed by atoms with E-state index >= 15 is 0 Å². The van der Waals surface area contributed by atoms with E-state index in [9.17, 15) is 5.11 Å². The minimum atomic E-state index is -0.267. The first-order valence-electron chi connectivity index (χ1n) is 6.97. The van der Waals surface area contributed by atoms with Gasteiger partial charge >= 0.3 is 0 Å². The Morgan fingerprint density at radius 1 is 1.00 bits per heavy atom. The Balaban J connectivity index is 1.88. The molecule has 15 heavy (non-hydrogen) atoms. The maximum atomic E-state index is 10.7. The van der Waals surface area contributed by atoms with Crippen molar-refractivity contribution in [2.45, 2.75) is 76.7 Å². The summed E-state index contributed by atoms with van der Waals surface area (Å²) in [6, 6.07) is 0. The van der Waals surface area contributed by atoms with E-state index in [1.54, 1.807) is 0 Å². The second-order valence-corrected chi connectivity index (χ2v) is 5.79. The van der Waals surface area contributed by atoms with E-state index < -0.39 is 0 Å². The van der Waals surface area contributed by atoms with Crippen molar-refractivity contribution in [1.29, 1.82) is 0 Å². The van der Waals surface area contributed by atoms with Crippen molar-refractivity contribution in [3.05, 3.63) is 0 Å². The second-order valence-electron chi connectivity index (χ2n) is 5.79. The predicted molar refractivity (Wildman–Crippen MR) is 63.8 cm³/mol. The lowest BCUT2D eigenvalue weighted by Crippen LogP contribution is -2.41. The van der Waals surface area contributed by atoms with Gasteiger partial charge in [0.15, 0.2) is 0 Å². The molecule has 0 atom stereocenters. The van der Waals surface area contributed by atoms with Crippen molar-refractivity contribution in [2.75, 3.05) is 0 Å². The lowest BCUT2D eigenvalue weighted by molar-refractivity contribution is -0.0654. The minimum absolute atomic E-state index is 0.267. The Morgan fingerprint density at radius 2 is 1.60 bits per heavy atom. The van der Waals surface area contributed by atoms with Gasteiger partial charge in [0.1, 0.15) is 0 Å². The van der Waals surface area contributed by atoms with Crippen LogP contribution >= 0.6 is 0 Å². The normalized spacial score (nSPS) is 36.4. The smallest absolute Gasteiger partial charge is 0.0675 e. The fourth-order valence-corrected chi connectivity index (χ4v) is 3.68. The van der Waals surface area contributed by atoms with Crippen LogP contribution in [-0.2, 0) is 0 Å². The van der Waals surface area contributed by atoms with Crippen LogP contribution in [0, 0.1) is 11.8 Å². The van der Waals surface area contributed by atoms with Gasteiger partial charge in [-0.2, -0.15) is 0 Å². The SMILES string of the molecule is CCC1CCC(C2(O)CCCCC2)CC1. The highest BCUT2D eigenvalue weighted by Crippen LogP contribution is 2.43. The maximum absolute atomic E-state index is 10.7. The van der Waals surface area contributed by atoms with Gasteiger partial charge in [-0.15, -0.1) is 0 Å². The van der Waals surface area contributed by atoms with Crippen molar-refractivity contribution in [1.82, 2.24) is 0 Å². The molecule has 0 aliphatic heterocycles. The zero-order valence-electron chi connectivity index (χ0n) is 10.2. The van der Waals surface area contributed by atoms with E-state index in [1.807, 2.05) is 0 Å². The lowest BCUT2D eigenvalue weighted by Gasteiger charge is -2.42. The highest BCUT2D eigenvalue weighted by molar-refractivity contribution is 4.91. The molecule has 0 aromatic carbocycles. The molecule has 0 aromatic rings. The number of rotatable bonds is 2. The van der Waals surface area contributed by atoms with Crippen LogP contribution in [0.4, 0.5) is 0 Å². The van der Waals surface area contributed by atoms with Gasteiger partial charge in [-0.05, 0) is 37.5 Å². The third-order valence-electron chi connectivity index (χ3n) is 4.90. The summed E-state index contributed by atoms with van der Waals surface area (Å²) in [5, 5.41) is 10.7. The zero-order valence-corrected chi connectivity index (χ0v) is 10.2. The minimum Gasteiger partial charge on any atom is -0.390 e. The summed E-state index contributed by atoms with van der Waals surface area (Å²) in [5.74, 6) is 1.58. The Hall–Kier alpha value is -0.0400. The topological polar surface area (TPSA) is 20.2 Å². The maximum Gasteiger partial charge on any atom is 0.0675 e. The molecular formula is C14H26O. The highest BCUT2D eigenvalue weighted by atomic mass is 16.3. The third-order valence-corrected chi connectivity index (χ3v) is 4.90. The largest absolute Gasteiger partial charge is 0.390 e. The average molecular weight is 210 g/mol. The van der Waals surface area contributed by atoms with Gasteiger partial charge in [0.25, 0.3) is 0 Å². The van der Waals surface area contributed by atoms with Gasteiger partial charge in [0.05, 0.1) is 5.60 Å². The second kappa shape index (κ2) is 4.86. The van der Waals surface area contributed by atoms with Gasteiger partial charge in [-0.1, -0.05) is 45.4 Å². The molecule has 0 aromatic heterocycles. The van der Waals surface area contributed by atoms with Crippen molar-refractivity contribution in [2.24, 2.45) is 11.8 Å². The molecule has 0 radical (unpaired) electrons. The van der Waals surface area contributed by atoms with E-state index in [2.05, 4.69) is 6.92 Å². The Labute approximate surface area is 94.3 Å². The molecule has 0 unspecified atom stereocenters. The zero-order chi connectivity index (χ0) is 10.7. The molecule has 2 aliphatic carbocycles. The predicted octanol–water partition coefficient (Wildman–Crippen LogP) is 3.90. The van der Waals surface area contributed by atoms with E-state index in [4.69, 9.17) is 0 Å². The van der Waals surface area contributed by atoms with Gasteiger partial charge in [-0.3, -0.25) is 0 Å². The fraction of sp³-hybridized carbons (Fsp3) is 1.00. The summed E-state index contributed by atoms with van der Waals surface area (Å²) in [7, 11) is 0. The third kappa shape index (κ3) is 2.55. The molecule has 0 heterocycles. The summed E-state index contributed by atoms with van der Waals surface area (Å²) in [4.78, 5) is 0. The van der Waals surface area contributed by atoms with Crippen molar-refractivity contribution in [3.63, 3.8) is 0 Å². The van der Waals surface area contributed by atoms with Crippen LogP contribution in [0.1, 0.15) is 71.1 Å². The molecule has 0 spiro atoms. The van der Waals surface area contributed by atoms with Gasteiger partial charge < -0.3 is 5.11 Å². The Bertz CT molecular complexity index is 186. The summed E-state index contributed by atoms with van der Waals surface area (Å²) < 4.78 is 0. The van der Waals surface area contributed by atoms with Gasteiger partial charge in [0, 0.05) is 0 Å². The van der Waals surface area contributed by atoms with Crippen molar-refractivity contribution in [3.8, 4) is 0 Å². The number of hydrogen-bond donors (Lipinski definition) is 1. The molecule has 0 bridgehead atoms. The molecule has 88 valence electrons. The van der Waals surface area contributed by atoms with E-state index in [0.717, 1.165) is 18.8 Å². The Morgan fingerprint density at radius 3 is 2.13 bits per heavy atom. The standard InChI is InChI=1S/C14H26O/c1-2-12-6-8-13(9-7-12)14(15)10-4-3-5-11-14/h12-13,15H,2-11H2,1H3. The van der Waals surface area contributed by atoms with E-state index in [-0.39, 0.29) is 5.60 Å². The summed E-state index contributed by atoms with van der Waals surface area (Å²) in [5.41, 5.74) is -0.267. The van der Waals surface area contributed by atoms with E-state index in [0.29, 0.717) is 5.92 Å². The monoisotopic (exact) mass is 210 g/mol. The van der Waals surface area contributed by atoms with Crippen LogP contribution in [0.3, 0.4) is 0 Å². The molecule has 1 N–H and O–H groups in total. The molecule has 2 aliphatic rings. The molecule has 1 heteroatoms. The van der Waals surface area contributed by atoms with Gasteiger partial charge in [-0.25, -0.2) is 0 Å².